The Morgan fingerprint density at radius 1 is 1.29 bits per heavy atom. The summed E-state index contributed by atoms with van der Waals surface area (Å²) < 4.78 is 32.1. The molecule has 1 aromatic heterocycles. The van der Waals surface area contributed by atoms with Crippen LogP contribution in [-0.4, -0.2) is 60.3 Å². The first-order valence-corrected chi connectivity index (χ1v) is 10.5. The van der Waals surface area contributed by atoms with Gasteiger partial charge in [0.15, 0.2) is 0 Å². The van der Waals surface area contributed by atoms with Crippen molar-refractivity contribution in [1.29, 1.82) is 0 Å². The number of rotatable bonds is 6. The normalized spacial score (nSPS) is 16.4. The highest BCUT2D eigenvalue weighted by Crippen LogP contribution is 2.22. The first-order valence-electron chi connectivity index (χ1n) is 9.13. The van der Waals surface area contributed by atoms with E-state index in [1.807, 2.05) is 31.2 Å². The van der Waals surface area contributed by atoms with Crippen LogP contribution < -0.4 is 5.32 Å². The van der Waals surface area contributed by atoms with Gasteiger partial charge in [-0.15, -0.1) is 0 Å². The first kappa shape index (κ1) is 20.4. The highest BCUT2D eigenvalue weighted by Gasteiger charge is 2.32. The van der Waals surface area contributed by atoms with Crippen LogP contribution in [0.3, 0.4) is 0 Å². The summed E-state index contributed by atoms with van der Waals surface area (Å²) in [7, 11) is -0.422. The van der Waals surface area contributed by atoms with Crippen molar-refractivity contribution in [3.8, 4) is 11.4 Å². The number of hydrogen-bond acceptors (Lipinski definition) is 6. The first-order chi connectivity index (χ1) is 13.3. The molecule has 10 heteroatoms. The average molecular weight is 407 g/mol. The Balaban J connectivity index is 1.53. The van der Waals surface area contributed by atoms with E-state index in [2.05, 4.69) is 15.5 Å². The number of aromatic nitrogens is 2. The second kappa shape index (κ2) is 8.38. The van der Waals surface area contributed by atoms with E-state index < -0.39 is 10.2 Å². The average Bonchev–Trinajstić information content (AvgIpc) is 3.15. The van der Waals surface area contributed by atoms with Crippen molar-refractivity contribution in [2.45, 2.75) is 26.3 Å². The van der Waals surface area contributed by atoms with Gasteiger partial charge in [0.1, 0.15) is 0 Å². The number of piperidine rings is 1. The number of carbonyl (C=O) groups excluding carboxylic acids is 1. The quantitative estimate of drug-likeness (QED) is 0.770. The van der Waals surface area contributed by atoms with Crippen LogP contribution in [0.15, 0.2) is 28.8 Å². The van der Waals surface area contributed by atoms with Crippen molar-refractivity contribution in [3.05, 3.63) is 35.7 Å². The van der Waals surface area contributed by atoms with Crippen molar-refractivity contribution in [3.63, 3.8) is 0 Å². The summed E-state index contributed by atoms with van der Waals surface area (Å²) in [5, 5.41) is 6.79. The Kier molecular flexibility index (Phi) is 6.11. The van der Waals surface area contributed by atoms with Crippen molar-refractivity contribution in [1.82, 2.24) is 24.1 Å². The summed E-state index contributed by atoms with van der Waals surface area (Å²) >= 11 is 0. The van der Waals surface area contributed by atoms with E-state index in [4.69, 9.17) is 4.52 Å². The molecule has 28 heavy (non-hydrogen) atoms. The molecule has 1 aliphatic heterocycles. The van der Waals surface area contributed by atoms with Gasteiger partial charge in [-0.2, -0.15) is 22.0 Å². The summed E-state index contributed by atoms with van der Waals surface area (Å²) in [5.41, 5.74) is 1.93. The van der Waals surface area contributed by atoms with Gasteiger partial charge in [0.2, 0.25) is 17.6 Å². The van der Waals surface area contributed by atoms with Crippen LogP contribution in [0.25, 0.3) is 11.4 Å². The maximum atomic E-state index is 12.4. The molecule has 0 unspecified atom stereocenters. The fourth-order valence-electron chi connectivity index (χ4n) is 3.15. The predicted molar refractivity (Wildman–Crippen MR) is 103 cm³/mol. The lowest BCUT2D eigenvalue weighted by Crippen LogP contribution is -2.46. The molecular weight excluding hydrogens is 382 g/mol. The number of benzene rings is 1. The molecule has 1 aromatic carbocycles. The van der Waals surface area contributed by atoms with Crippen molar-refractivity contribution >= 4 is 16.1 Å². The van der Waals surface area contributed by atoms with E-state index in [-0.39, 0.29) is 18.4 Å². The predicted octanol–water partition coefficient (Wildman–Crippen LogP) is 1.18. The zero-order valence-electron chi connectivity index (χ0n) is 16.3. The molecular formula is C18H25N5O4S. The molecule has 152 valence electrons. The molecule has 1 aliphatic rings. The van der Waals surface area contributed by atoms with Crippen LogP contribution in [-0.2, 0) is 21.5 Å². The molecule has 1 N–H and O–H groups in total. The summed E-state index contributed by atoms with van der Waals surface area (Å²) in [5.74, 6) is 0.466. The summed E-state index contributed by atoms with van der Waals surface area (Å²) in [6, 6.07) is 7.73. The van der Waals surface area contributed by atoms with Gasteiger partial charge in [0.25, 0.3) is 10.2 Å². The Bertz CT molecular complexity index is 933. The zero-order valence-corrected chi connectivity index (χ0v) is 17.1. The van der Waals surface area contributed by atoms with E-state index >= 15 is 0 Å². The second-order valence-corrected chi connectivity index (χ2v) is 9.15. The molecule has 1 fully saturated rings. The molecule has 0 radical (unpaired) electrons. The molecule has 9 nitrogen and oxygen atoms in total. The molecule has 0 spiro atoms. The minimum atomic E-state index is -3.43. The summed E-state index contributed by atoms with van der Waals surface area (Å²) in [4.78, 5) is 16.7. The topological polar surface area (TPSA) is 109 Å². The van der Waals surface area contributed by atoms with E-state index in [0.29, 0.717) is 37.6 Å². The fourth-order valence-corrected chi connectivity index (χ4v) is 4.28. The van der Waals surface area contributed by atoms with Crippen LogP contribution in [0, 0.1) is 12.8 Å². The summed E-state index contributed by atoms with van der Waals surface area (Å²) in [6.45, 7) is 2.77. The molecule has 1 amide bonds. The minimum Gasteiger partial charge on any atom is -0.347 e. The Morgan fingerprint density at radius 2 is 1.96 bits per heavy atom. The van der Waals surface area contributed by atoms with Crippen LogP contribution in [0.1, 0.15) is 24.3 Å². The van der Waals surface area contributed by atoms with Gasteiger partial charge >= 0.3 is 0 Å². The van der Waals surface area contributed by atoms with Gasteiger partial charge in [-0.1, -0.05) is 29.4 Å². The molecule has 2 heterocycles. The SMILES string of the molecule is Cc1ccccc1-c1noc(CNC(=O)C2CCN(S(=O)(=O)N(C)C)CC2)n1. The standard InChI is InChI=1S/C18H25N5O4S/c1-13-6-4-5-7-15(13)17-20-16(27-21-17)12-19-18(24)14-8-10-23(11-9-14)28(25,26)22(2)3/h4-7,14H,8-12H2,1-3H3,(H,19,24). The third kappa shape index (κ3) is 4.40. The summed E-state index contributed by atoms with van der Waals surface area (Å²) in [6.07, 6.45) is 0.967. The van der Waals surface area contributed by atoms with Crippen LogP contribution >= 0.6 is 0 Å². The van der Waals surface area contributed by atoms with Gasteiger partial charge in [-0.05, 0) is 25.3 Å². The van der Waals surface area contributed by atoms with Crippen LogP contribution in [0.4, 0.5) is 0 Å². The van der Waals surface area contributed by atoms with E-state index in [1.165, 1.54) is 22.7 Å². The number of nitrogens with zero attached hydrogens (tertiary/aromatic N) is 4. The molecule has 1 saturated heterocycles. The van der Waals surface area contributed by atoms with Crippen LogP contribution in [0.5, 0.6) is 0 Å². The third-order valence-corrected chi connectivity index (χ3v) is 6.82. The lowest BCUT2D eigenvalue weighted by molar-refractivity contribution is -0.126. The van der Waals surface area contributed by atoms with Crippen LogP contribution in [0.2, 0.25) is 0 Å². The highest BCUT2D eigenvalue weighted by molar-refractivity contribution is 7.86. The minimum absolute atomic E-state index is 0.127. The molecule has 0 saturated carbocycles. The number of amides is 1. The number of nitrogens with one attached hydrogen (secondary N) is 1. The molecule has 0 bridgehead atoms. The van der Waals surface area contributed by atoms with Crippen molar-refractivity contribution < 1.29 is 17.7 Å². The third-order valence-electron chi connectivity index (χ3n) is 4.88. The zero-order chi connectivity index (χ0) is 20.3. The van der Waals surface area contributed by atoms with Crippen molar-refractivity contribution in [2.75, 3.05) is 27.2 Å². The van der Waals surface area contributed by atoms with Gasteiger partial charge in [-0.3, -0.25) is 4.79 Å². The molecule has 0 aliphatic carbocycles. The highest BCUT2D eigenvalue weighted by atomic mass is 32.2. The number of carbonyl (C=O) groups is 1. The van der Waals surface area contributed by atoms with E-state index in [0.717, 1.165) is 11.1 Å². The monoisotopic (exact) mass is 407 g/mol. The van der Waals surface area contributed by atoms with E-state index in [9.17, 15) is 13.2 Å². The smallest absolute Gasteiger partial charge is 0.281 e. The Labute approximate surface area is 164 Å². The maximum absolute atomic E-state index is 12.4. The largest absolute Gasteiger partial charge is 0.347 e. The van der Waals surface area contributed by atoms with E-state index in [1.54, 1.807) is 0 Å². The lowest BCUT2D eigenvalue weighted by Gasteiger charge is -2.32. The molecule has 3 rings (SSSR count). The second-order valence-electron chi connectivity index (χ2n) is 7.01. The van der Waals surface area contributed by atoms with Gasteiger partial charge in [0.05, 0.1) is 6.54 Å². The van der Waals surface area contributed by atoms with Gasteiger partial charge in [0, 0.05) is 38.7 Å². The lowest BCUT2D eigenvalue weighted by atomic mass is 9.97. The molecule has 2 aromatic rings. The Hall–Kier alpha value is -2.30. The Morgan fingerprint density at radius 3 is 2.61 bits per heavy atom. The van der Waals surface area contributed by atoms with Crippen molar-refractivity contribution in [2.24, 2.45) is 5.92 Å². The number of aryl methyl sites for hydroxylation is 1. The maximum Gasteiger partial charge on any atom is 0.281 e. The molecule has 0 atom stereocenters. The number of hydrogen-bond donors (Lipinski definition) is 1. The fraction of sp³-hybridized carbons (Fsp3) is 0.500. The van der Waals surface area contributed by atoms with Gasteiger partial charge < -0.3 is 9.84 Å². The van der Waals surface area contributed by atoms with Gasteiger partial charge in [-0.25, -0.2) is 0 Å².